The first-order valence-electron chi connectivity index (χ1n) is 6.83. The Bertz CT molecular complexity index is 647. The highest BCUT2D eigenvalue weighted by Crippen LogP contribution is 2.38. The van der Waals surface area contributed by atoms with E-state index in [0.717, 1.165) is 0 Å². The molecule has 0 aromatic heterocycles. The quantitative estimate of drug-likeness (QED) is 0.631. The minimum absolute atomic E-state index is 1.19. The second-order valence-corrected chi connectivity index (χ2v) is 5.26. The summed E-state index contributed by atoms with van der Waals surface area (Å²) in [5.41, 5.74) is 9.03. The van der Waals surface area contributed by atoms with Gasteiger partial charge in [-0.3, -0.25) is 0 Å². The summed E-state index contributed by atoms with van der Waals surface area (Å²) >= 11 is 0. The van der Waals surface area contributed by atoms with Crippen LogP contribution in [0, 0.1) is 0 Å². The van der Waals surface area contributed by atoms with E-state index < -0.39 is 0 Å². The van der Waals surface area contributed by atoms with Crippen LogP contribution in [0.1, 0.15) is 28.7 Å². The number of aryl methyl sites for hydroxylation is 2. The Morgan fingerprint density at radius 1 is 0.722 bits per heavy atom. The smallest absolute Gasteiger partial charge is 0.0143 e. The average molecular weight is 232 g/mol. The maximum Gasteiger partial charge on any atom is -0.0143 e. The van der Waals surface area contributed by atoms with Gasteiger partial charge in [0, 0.05) is 0 Å². The number of rotatable bonds is 0. The third-order valence-electron chi connectivity index (χ3n) is 4.26. The molecule has 18 heavy (non-hydrogen) atoms. The highest BCUT2D eigenvalue weighted by molar-refractivity contribution is 5.78. The molecule has 0 heterocycles. The van der Waals surface area contributed by atoms with Crippen molar-refractivity contribution in [3.63, 3.8) is 0 Å². The molecule has 0 saturated heterocycles. The SMILES string of the molecule is C1=Cc2c(ccc3c2CCc2ccccc2-3)CC1. The minimum atomic E-state index is 1.19. The second-order valence-electron chi connectivity index (χ2n) is 5.26. The lowest BCUT2D eigenvalue weighted by Crippen LogP contribution is -2.08. The van der Waals surface area contributed by atoms with Gasteiger partial charge in [-0.05, 0) is 59.1 Å². The standard InChI is InChI=1S/C18H16/c1-3-7-15-13(5-1)9-11-18-16-8-4-2-6-14(16)10-12-17(15)18/h1,3-5,7-8,10,12H,2,6,9,11H2. The van der Waals surface area contributed by atoms with Crippen LogP contribution in [0.25, 0.3) is 17.2 Å². The Morgan fingerprint density at radius 2 is 1.67 bits per heavy atom. The number of hydrogen-bond acceptors (Lipinski definition) is 0. The van der Waals surface area contributed by atoms with Crippen molar-refractivity contribution in [3.05, 3.63) is 64.7 Å². The first-order valence-corrected chi connectivity index (χ1v) is 6.83. The Kier molecular flexibility index (Phi) is 2.16. The highest BCUT2D eigenvalue weighted by atomic mass is 14.2. The van der Waals surface area contributed by atoms with Crippen molar-refractivity contribution in [2.75, 3.05) is 0 Å². The monoisotopic (exact) mass is 232 g/mol. The Morgan fingerprint density at radius 3 is 2.67 bits per heavy atom. The molecule has 4 rings (SSSR count). The highest BCUT2D eigenvalue weighted by Gasteiger charge is 2.19. The molecule has 88 valence electrons. The molecular weight excluding hydrogens is 216 g/mol. The predicted octanol–water partition coefficient (Wildman–Crippen LogP) is 4.41. The van der Waals surface area contributed by atoms with Gasteiger partial charge in [0.25, 0.3) is 0 Å². The Balaban J connectivity index is 2.00. The van der Waals surface area contributed by atoms with Crippen molar-refractivity contribution in [2.45, 2.75) is 25.7 Å². The van der Waals surface area contributed by atoms with Gasteiger partial charge in [-0.25, -0.2) is 0 Å². The van der Waals surface area contributed by atoms with Gasteiger partial charge < -0.3 is 0 Å². The lowest BCUT2D eigenvalue weighted by Gasteiger charge is -2.24. The van der Waals surface area contributed by atoms with E-state index in [1.54, 1.807) is 5.56 Å². The van der Waals surface area contributed by atoms with E-state index in [1.807, 2.05) is 0 Å². The van der Waals surface area contributed by atoms with E-state index in [2.05, 4.69) is 48.6 Å². The van der Waals surface area contributed by atoms with E-state index in [9.17, 15) is 0 Å². The molecule has 0 N–H and O–H groups in total. The number of benzene rings is 2. The molecule has 2 aromatic rings. The van der Waals surface area contributed by atoms with Crippen molar-refractivity contribution < 1.29 is 0 Å². The Hall–Kier alpha value is -1.82. The van der Waals surface area contributed by atoms with Crippen LogP contribution in [0.15, 0.2) is 42.5 Å². The topological polar surface area (TPSA) is 0 Å². The predicted molar refractivity (Wildman–Crippen MR) is 76.6 cm³/mol. The molecular formula is C18H16. The summed E-state index contributed by atoms with van der Waals surface area (Å²) in [6.45, 7) is 0. The van der Waals surface area contributed by atoms with E-state index in [-0.39, 0.29) is 0 Å². The zero-order chi connectivity index (χ0) is 11.9. The normalized spacial score (nSPS) is 15.8. The zero-order valence-corrected chi connectivity index (χ0v) is 10.4. The molecule has 0 fully saturated rings. The van der Waals surface area contributed by atoms with Gasteiger partial charge in [0.1, 0.15) is 0 Å². The number of fused-ring (bicyclic) bond motifs is 5. The molecule has 0 radical (unpaired) electrons. The molecule has 0 amide bonds. The summed E-state index contributed by atoms with van der Waals surface area (Å²) in [6.07, 6.45) is 9.45. The van der Waals surface area contributed by atoms with Gasteiger partial charge in [-0.2, -0.15) is 0 Å². The third-order valence-corrected chi connectivity index (χ3v) is 4.26. The van der Waals surface area contributed by atoms with Crippen LogP contribution in [0.2, 0.25) is 0 Å². The summed E-state index contributed by atoms with van der Waals surface area (Å²) in [5.74, 6) is 0. The van der Waals surface area contributed by atoms with Gasteiger partial charge in [-0.15, -0.1) is 0 Å². The summed E-state index contributed by atoms with van der Waals surface area (Å²) < 4.78 is 0. The first-order chi connectivity index (χ1) is 8.93. The molecule has 2 aliphatic rings. The van der Waals surface area contributed by atoms with E-state index >= 15 is 0 Å². The van der Waals surface area contributed by atoms with Crippen LogP contribution in [0.3, 0.4) is 0 Å². The average Bonchev–Trinajstić information content (AvgIpc) is 2.46. The summed E-state index contributed by atoms with van der Waals surface area (Å²) in [4.78, 5) is 0. The van der Waals surface area contributed by atoms with E-state index in [0.29, 0.717) is 0 Å². The van der Waals surface area contributed by atoms with E-state index in [4.69, 9.17) is 0 Å². The maximum atomic E-state index is 2.34. The Labute approximate surface area is 108 Å². The van der Waals surface area contributed by atoms with Crippen LogP contribution in [-0.4, -0.2) is 0 Å². The van der Waals surface area contributed by atoms with Crippen LogP contribution < -0.4 is 0 Å². The lowest BCUT2D eigenvalue weighted by molar-refractivity contribution is 0.915. The molecule has 0 saturated carbocycles. The molecule has 0 heteroatoms. The van der Waals surface area contributed by atoms with Gasteiger partial charge in [0.05, 0.1) is 0 Å². The molecule has 0 bridgehead atoms. The second kappa shape index (κ2) is 3.84. The number of hydrogen-bond donors (Lipinski definition) is 0. The minimum Gasteiger partial charge on any atom is -0.0836 e. The fraction of sp³-hybridized carbons (Fsp3) is 0.222. The van der Waals surface area contributed by atoms with Crippen molar-refractivity contribution in [1.29, 1.82) is 0 Å². The summed E-state index contributed by atoms with van der Waals surface area (Å²) in [7, 11) is 0. The zero-order valence-electron chi connectivity index (χ0n) is 10.4. The molecule has 0 nitrogen and oxygen atoms in total. The van der Waals surface area contributed by atoms with Crippen LogP contribution in [0.5, 0.6) is 0 Å². The van der Waals surface area contributed by atoms with Gasteiger partial charge in [0.15, 0.2) is 0 Å². The molecule has 0 aliphatic heterocycles. The van der Waals surface area contributed by atoms with Crippen molar-refractivity contribution in [3.8, 4) is 11.1 Å². The molecule has 2 aromatic carbocycles. The van der Waals surface area contributed by atoms with Crippen molar-refractivity contribution >= 4 is 6.08 Å². The van der Waals surface area contributed by atoms with Gasteiger partial charge in [0.2, 0.25) is 0 Å². The fourth-order valence-electron chi connectivity index (χ4n) is 3.36. The molecule has 0 unspecified atom stereocenters. The molecule has 0 atom stereocenters. The largest absolute Gasteiger partial charge is 0.0836 e. The van der Waals surface area contributed by atoms with Crippen LogP contribution in [-0.2, 0) is 19.3 Å². The van der Waals surface area contributed by atoms with Gasteiger partial charge in [-0.1, -0.05) is 48.6 Å². The van der Waals surface area contributed by atoms with Crippen LogP contribution in [0.4, 0.5) is 0 Å². The fourth-order valence-corrected chi connectivity index (χ4v) is 3.36. The maximum absolute atomic E-state index is 2.34. The van der Waals surface area contributed by atoms with Gasteiger partial charge >= 0.3 is 0 Å². The molecule has 2 aliphatic carbocycles. The number of allylic oxidation sites excluding steroid dienone is 1. The van der Waals surface area contributed by atoms with Crippen molar-refractivity contribution in [2.24, 2.45) is 0 Å². The van der Waals surface area contributed by atoms with Crippen LogP contribution >= 0.6 is 0 Å². The third kappa shape index (κ3) is 1.38. The lowest BCUT2D eigenvalue weighted by atomic mass is 9.80. The summed E-state index contributed by atoms with van der Waals surface area (Å²) in [6, 6.07) is 13.5. The first kappa shape index (κ1) is 10.1. The summed E-state index contributed by atoms with van der Waals surface area (Å²) in [5, 5.41) is 0. The molecule has 0 spiro atoms. The van der Waals surface area contributed by atoms with Crippen molar-refractivity contribution in [1.82, 2.24) is 0 Å². The van der Waals surface area contributed by atoms with E-state index in [1.165, 1.54) is 53.5 Å².